The van der Waals surface area contributed by atoms with Crippen LogP contribution < -0.4 is 10.2 Å². The van der Waals surface area contributed by atoms with E-state index in [0.29, 0.717) is 11.6 Å². The van der Waals surface area contributed by atoms with Crippen LogP contribution in [0.5, 0.6) is 0 Å². The predicted molar refractivity (Wildman–Crippen MR) is 87.6 cm³/mol. The lowest BCUT2D eigenvalue weighted by Crippen LogP contribution is -2.22. The number of halogens is 3. The van der Waals surface area contributed by atoms with Crippen molar-refractivity contribution in [2.75, 3.05) is 23.3 Å². The predicted octanol–water partition coefficient (Wildman–Crippen LogP) is 3.66. The van der Waals surface area contributed by atoms with E-state index in [1.807, 2.05) is 4.90 Å². The Morgan fingerprint density at radius 3 is 2.60 bits per heavy atom. The van der Waals surface area contributed by atoms with E-state index in [-0.39, 0.29) is 11.3 Å². The van der Waals surface area contributed by atoms with Crippen LogP contribution in [0, 0.1) is 6.92 Å². The van der Waals surface area contributed by atoms with Gasteiger partial charge in [0, 0.05) is 25.0 Å². The molecule has 1 saturated heterocycles. The average Bonchev–Trinajstić information content (AvgIpc) is 3.08. The summed E-state index contributed by atoms with van der Waals surface area (Å²) in [6.45, 7) is 3.45. The molecule has 0 aliphatic carbocycles. The van der Waals surface area contributed by atoms with Gasteiger partial charge in [-0.15, -0.1) is 0 Å². The molecule has 8 heteroatoms. The minimum Gasteiger partial charge on any atom is -0.341 e. The maximum Gasteiger partial charge on any atom is 0.416 e. The summed E-state index contributed by atoms with van der Waals surface area (Å²) in [5, 5.41) is 2.47. The molecule has 0 spiro atoms. The molecule has 2 aromatic rings. The Labute approximate surface area is 142 Å². The van der Waals surface area contributed by atoms with Gasteiger partial charge in [-0.25, -0.2) is 9.97 Å². The fourth-order valence-corrected chi connectivity index (χ4v) is 2.72. The van der Waals surface area contributed by atoms with Gasteiger partial charge in [-0.05, 0) is 38.0 Å². The summed E-state index contributed by atoms with van der Waals surface area (Å²) in [6, 6.07) is 4.50. The van der Waals surface area contributed by atoms with Crippen LogP contribution in [0.1, 0.15) is 34.5 Å². The van der Waals surface area contributed by atoms with Crippen LogP contribution >= 0.6 is 0 Å². The fraction of sp³-hybridized carbons (Fsp3) is 0.353. The van der Waals surface area contributed by atoms with Crippen molar-refractivity contribution in [1.82, 2.24) is 9.97 Å². The number of carbonyl (C=O) groups excluding carboxylic acids is 1. The molecule has 1 fully saturated rings. The van der Waals surface area contributed by atoms with Crippen LogP contribution in [0.3, 0.4) is 0 Å². The number of nitrogens with one attached hydrogen (secondary N) is 1. The Morgan fingerprint density at radius 1 is 1.24 bits per heavy atom. The fourth-order valence-electron chi connectivity index (χ4n) is 2.72. The first kappa shape index (κ1) is 17.2. The van der Waals surface area contributed by atoms with Crippen molar-refractivity contribution < 1.29 is 18.0 Å². The zero-order valence-corrected chi connectivity index (χ0v) is 13.6. The monoisotopic (exact) mass is 350 g/mol. The van der Waals surface area contributed by atoms with Crippen LogP contribution in [0.15, 0.2) is 30.5 Å². The first-order valence-electron chi connectivity index (χ1n) is 7.92. The molecular formula is C17H17F3N4O. The summed E-state index contributed by atoms with van der Waals surface area (Å²) in [5.74, 6) is 0.0374. The summed E-state index contributed by atoms with van der Waals surface area (Å²) >= 11 is 0. The lowest BCUT2D eigenvalue weighted by atomic mass is 10.1. The molecular weight excluding hydrogens is 333 g/mol. The summed E-state index contributed by atoms with van der Waals surface area (Å²) in [6.07, 6.45) is -0.879. The lowest BCUT2D eigenvalue weighted by Gasteiger charge is -2.16. The number of anilines is 2. The summed E-state index contributed by atoms with van der Waals surface area (Å²) < 4.78 is 38.2. The Balaban J connectivity index is 1.77. The number of carbonyl (C=O) groups is 1. The second-order valence-corrected chi connectivity index (χ2v) is 5.90. The molecule has 0 atom stereocenters. The highest BCUT2D eigenvalue weighted by Crippen LogP contribution is 2.30. The van der Waals surface area contributed by atoms with Gasteiger partial charge in [-0.2, -0.15) is 13.2 Å². The number of aryl methyl sites for hydroxylation is 1. The zero-order chi connectivity index (χ0) is 18.0. The van der Waals surface area contributed by atoms with E-state index in [4.69, 9.17) is 0 Å². The van der Waals surface area contributed by atoms with Gasteiger partial charge < -0.3 is 10.2 Å². The normalized spacial score (nSPS) is 14.6. The molecule has 1 aromatic carbocycles. The van der Waals surface area contributed by atoms with Crippen LogP contribution in [-0.4, -0.2) is 29.0 Å². The van der Waals surface area contributed by atoms with Crippen molar-refractivity contribution >= 4 is 17.5 Å². The topological polar surface area (TPSA) is 58.1 Å². The molecule has 0 unspecified atom stereocenters. The van der Waals surface area contributed by atoms with E-state index in [1.165, 1.54) is 18.3 Å². The average molecular weight is 350 g/mol. The maximum atomic E-state index is 12.7. The van der Waals surface area contributed by atoms with E-state index in [2.05, 4.69) is 15.3 Å². The number of benzene rings is 1. The molecule has 25 heavy (non-hydrogen) atoms. The van der Waals surface area contributed by atoms with Gasteiger partial charge in [0.15, 0.2) is 0 Å². The molecule has 0 bridgehead atoms. The van der Waals surface area contributed by atoms with Gasteiger partial charge >= 0.3 is 6.18 Å². The van der Waals surface area contributed by atoms with Crippen LogP contribution in [0.4, 0.5) is 24.8 Å². The molecule has 132 valence electrons. The first-order valence-corrected chi connectivity index (χ1v) is 7.92. The summed E-state index contributed by atoms with van der Waals surface area (Å²) in [4.78, 5) is 22.9. The van der Waals surface area contributed by atoms with Crippen molar-refractivity contribution in [3.8, 4) is 0 Å². The molecule has 2 heterocycles. The van der Waals surface area contributed by atoms with Crippen LogP contribution in [-0.2, 0) is 6.18 Å². The smallest absolute Gasteiger partial charge is 0.341 e. The highest BCUT2D eigenvalue weighted by molar-refractivity contribution is 6.04. The van der Waals surface area contributed by atoms with E-state index in [1.54, 1.807) is 6.92 Å². The van der Waals surface area contributed by atoms with Crippen molar-refractivity contribution in [2.45, 2.75) is 25.9 Å². The van der Waals surface area contributed by atoms with Gasteiger partial charge in [0.1, 0.15) is 0 Å². The third-order valence-corrected chi connectivity index (χ3v) is 4.05. The number of rotatable bonds is 3. The van der Waals surface area contributed by atoms with Gasteiger partial charge in [-0.1, -0.05) is 6.07 Å². The highest BCUT2D eigenvalue weighted by Gasteiger charge is 2.30. The second-order valence-electron chi connectivity index (χ2n) is 5.90. The Morgan fingerprint density at radius 2 is 1.96 bits per heavy atom. The highest BCUT2D eigenvalue weighted by atomic mass is 19.4. The number of amides is 1. The standard InChI is InChI=1S/C17H17F3N4O/c1-11-14(10-21-16(22-11)24-7-2-3-8-24)15(25)23-13-6-4-5-12(9-13)17(18,19)20/h4-6,9-10H,2-3,7-8H2,1H3,(H,23,25). The summed E-state index contributed by atoms with van der Waals surface area (Å²) in [7, 11) is 0. The van der Waals surface area contributed by atoms with E-state index >= 15 is 0 Å². The Kier molecular flexibility index (Phi) is 4.61. The van der Waals surface area contributed by atoms with Crippen molar-refractivity contribution in [3.63, 3.8) is 0 Å². The number of aromatic nitrogens is 2. The number of hydrogen-bond acceptors (Lipinski definition) is 4. The minimum absolute atomic E-state index is 0.0721. The minimum atomic E-state index is -4.46. The van der Waals surface area contributed by atoms with Crippen molar-refractivity contribution in [3.05, 3.63) is 47.3 Å². The van der Waals surface area contributed by atoms with Crippen molar-refractivity contribution in [1.29, 1.82) is 0 Å². The molecule has 1 aliphatic heterocycles. The van der Waals surface area contributed by atoms with Gasteiger partial charge in [0.05, 0.1) is 16.8 Å². The third kappa shape index (κ3) is 3.89. The van der Waals surface area contributed by atoms with Crippen LogP contribution in [0.25, 0.3) is 0 Å². The second kappa shape index (κ2) is 6.70. The van der Waals surface area contributed by atoms with E-state index < -0.39 is 17.6 Å². The SMILES string of the molecule is Cc1nc(N2CCCC2)ncc1C(=O)Nc1cccc(C(F)(F)F)c1. The third-order valence-electron chi connectivity index (χ3n) is 4.05. The van der Waals surface area contributed by atoms with Gasteiger partial charge in [-0.3, -0.25) is 4.79 Å². The first-order chi connectivity index (χ1) is 11.8. The molecule has 0 saturated carbocycles. The molecule has 1 amide bonds. The molecule has 0 radical (unpaired) electrons. The Bertz CT molecular complexity index is 786. The number of nitrogens with zero attached hydrogens (tertiary/aromatic N) is 3. The van der Waals surface area contributed by atoms with Crippen molar-refractivity contribution in [2.24, 2.45) is 0 Å². The molecule has 1 aromatic heterocycles. The van der Waals surface area contributed by atoms with Gasteiger partial charge in [0.25, 0.3) is 5.91 Å². The summed E-state index contributed by atoms with van der Waals surface area (Å²) in [5.41, 5.74) is -0.0211. The largest absolute Gasteiger partial charge is 0.416 e. The lowest BCUT2D eigenvalue weighted by molar-refractivity contribution is -0.137. The molecule has 1 N–H and O–H groups in total. The van der Waals surface area contributed by atoms with E-state index in [0.717, 1.165) is 38.1 Å². The molecule has 3 rings (SSSR count). The quantitative estimate of drug-likeness (QED) is 0.918. The van der Waals surface area contributed by atoms with Crippen LogP contribution in [0.2, 0.25) is 0 Å². The van der Waals surface area contributed by atoms with Gasteiger partial charge in [0.2, 0.25) is 5.95 Å². The maximum absolute atomic E-state index is 12.7. The Hall–Kier alpha value is -2.64. The number of alkyl halides is 3. The molecule has 1 aliphatic rings. The van der Waals surface area contributed by atoms with E-state index in [9.17, 15) is 18.0 Å². The molecule has 5 nitrogen and oxygen atoms in total. The zero-order valence-electron chi connectivity index (χ0n) is 13.6. The number of hydrogen-bond donors (Lipinski definition) is 1.